The van der Waals surface area contributed by atoms with Gasteiger partial charge >= 0.3 is 0 Å². The molecule has 3 nitrogen and oxygen atoms in total. The summed E-state index contributed by atoms with van der Waals surface area (Å²) in [7, 11) is 0. The third-order valence-electron chi connectivity index (χ3n) is 3.00. The van der Waals surface area contributed by atoms with Crippen LogP contribution in [0.4, 0.5) is 0 Å². The Morgan fingerprint density at radius 1 is 1.44 bits per heavy atom. The SMILES string of the molecule is C#CCOc1ccccc1CNC[C@H]1CCCO1. The van der Waals surface area contributed by atoms with Gasteiger partial charge < -0.3 is 14.8 Å². The smallest absolute Gasteiger partial charge is 0.148 e. The molecule has 0 spiro atoms. The first kappa shape index (κ1) is 12.9. The van der Waals surface area contributed by atoms with E-state index >= 15 is 0 Å². The molecule has 3 heteroatoms. The predicted molar refractivity (Wildman–Crippen MR) is 71.5 cm³/mol. The molecule has 1 aromatic rings. The summed E-state index contributed by atoms with van der Waals surface area (Å²) in [6.07, 6.45) is 7.90. The van der Waals surface area contributed by atoms with Crippen molar-refractivity contribution in [1.82, 2.24) is 5.32 Å². The molecule has 0 unspecified atom stereocenters. The van der Waals surface area contributed by atoms with Gasteiger partial charge in [0.15, 0.2) is 0 Å². The number of para-hydroxylation sites is 1. The molecule has 96 valence electrons. The monoisotopic (exact) mass is 245 g/mol. The summed E-state index contributed by atoms with van der Waals surface area (Å²) in [5.74, 6) is 3.34. The Labute approximate surface area is 108 Å². The molecule has 1 saturated heterocycles. The number of benzene rings is 1. The lowest BCUT2D eigenvalue weighted by Crippen LogP contribution is -2.26. The molecule has 1 fully saturated rings. The van der Waals surface area contributed by atoms with Crippen LogP contribution in [-0.2, 0) is 11.3 Å². The highest BCUT2D eigenvalue weighted by molar-refractivity contribution is 5.33. The van der Waals surface area contributed by atoms with Gasteiger partial charge in [0.2, 0.25) is 0 Å². The molecule has 1 heterocycles. The third-order valence-corrected chi connectivity index (χ3v) is 3.00. The fraction of sp³-hybridized carbons (Fsp3) is 0.467. The zero-order valence-corrected chi connectivity index (χ0v) is 10.5. The molecule has 2 rings (SSSR count). The summed E-state index contributed by atoms with van der Waals surface area (Å²) in [6, 6.07) is 7.95. The quantitative estimate of drug-likeness (QED) is 0.777. The molecule has 0 aliphatic carbocycles. The molecule has 0 amide bonds. The minimum atomic E-state index is 0.308. The summed E-state index contributed by atoms with van der Waals surface area (Å²) in [5.41, 5.74) is 1.13. The van der Waals surface area contributed by atoms with E-state index in [0.717, 1.165) is 37.4 Å². The molecule has 0 bridgehead atoms. The summed E-state index contributed by atoms with van der Waals surface area (Å²) in [4.78, 5) is 0. The lowest BCUT2D eigenvalue weighted by atomic mass is 10.2. The normalized spacial score (nSPS) is 18.5. The van der Waals surface area contributed by atoms with Crippen molar-refractivity contribution in [3.63, 3.8) is 0 Å². The molecule has 18 heavy (non-hydrogen) atoms. The maximum atomic E-state index is 5.57. The summed E-state index contributed by atoms with van der Waals surface area (Å²) < 4.78 is 11.1. The number of nitrogens with one attached hydrogen (secondary N) is 1. The van der Waals surface area contributed by atoms with Gasteiger partial charge in [-0.15, -0.1) is 6.42 Å². The van der Waals surface area contributed by atoms with E-state index in [4.69, 9.17) is 15.9 Å². The van der Waals surface area contributed by atoms with E-state index in [-0.39, 0.29) is 0 Å². The van der Waals surface area contributed by atoms with Gasteiger partial charge in [0.25, 0.3) is 0 Å². The highest BCUT2D eigenvalue weighted by Crippen LogP contribution is 2.18. The lowest BCUT2D eigenvalue weighted by molar-refractivity contribution is 0.110. The second-order valence-electron chi connectivity index (χ2n) is 4.37. The fourth-order valence-electron chi connectivity index (χ4n) is 2.08. The van der Waals surface area contributed by atoms with Gasteiger partial charge in [-0.25, -0.2) is 0 Å². The van der Waals surface area contributed by atoms with E-state index in [0.29, 0.717) is 12.7 Å². The molecule has 0 aromatic heterocycles. The van der Waals surface area contributed by atoms with Crippen LogP contribution in [0, 0.1) is 12.3 Å². The lowest BCUT2D eigenvalue weighted by Gasteiger charge is -2.13. The second-order valence-corrected chi connectivity index (χ2v) is 4.37. The molecular weight excluding hydrogens is 226 g/mol. The van der Waals surface area contributed by atoms with Crippen LogP contribution in [-0.4, -0.2) is 25.9 Å². The fourth-order valence-corrected chi connectivity index (χ4v) is 2.08. The van der Waals surface area contributed by atoms with Crippen LogP contribution in [0.15, 0.2) is 24.3 Å². The Morgan fingerprint density at radius 2 is 2.33 bits per heavy atom. The number of terminal acetylenes is 1. The topological polar surface area (TPSA) is 30.5 Å². The van der Waals surface area contributed by atoms with Gasteiger partial charge in [-0.3, -0.25) is 0 Å². The second kappa shape index (κ2) is 7.05. The maximum absolute atomic E-state index is 5.57. The van der Waals surface area contributed by atoms with Gasteiger partial charge in [-0.05, 0) is 18.9 Å². The van der Waals surface area contributed by atoms with Crippen LogP contribution in [0.25, 0.3) is 0 Å². The zero-order chi connectivity index (χ0) is 12.6. The zero-order valence-electron chi connectivity index (χ0n) is 10.5. The molecule has 1 aliphatic rings. The van der Waals surface area contributed by atoms with Crippen molar-refractivity contribution in [2.75, 3.05) is 19.8 Å². The van der Waals surface area contributed by atoms with Crippen LogP contribution in [0.5, 0.6) is 5.75 Å². The minimum Gasteiger partial charge on any atom is -0.481 e. The van der Waals surface area contributed by atoms with Crippen LogP contribution in [0.2, 0.25) is 0 Å². The van der Waals surface area contributed by atoms with E-state index in [9.17, 15) is 0 Å². The van der Waals surface area contributed by atoms with Gasteiger partial charge in [-0.1, -0.05) is 24.1 Å². The first-order valence-electron chi connectivity index (χ1n) is 6.36. The van der Waals surface area contributed by atoms with Crippen molar-refractivity contribution in [3.8, 4) is 18.1 Å². The number of rotatable bonds is 6. The molecule has 1 aliphatic heterocycles. The first-order chi connectivity index (χ1) is 8.90. The van der Waals surface area contributed by atoms with E-state index in [1.165, 1.54) is 6.42 Å². The number of hydrogen-bond acceptors (Lipinski definition) is 3. The van der Waals surface area contributed by atoms with E-state index in [2.05, 4.69) is 11.2 Å². The molecule has 1 aromatic carbocycles. The largest absolute Gasteiger partial charge is 0.481 e. The van der Waals surface area contributed by atoms with Crippen molar-refractivity contribution in [2.45, 2.75) is 25.5 Å². The van der Waals surface area contributed by atoms with Crippen molar-refractivity contribution in [1.29, 1.82) is 0 Å². The minimum absolute atomic E-state index is 0.308. The van der Waals surface area contributed by atoms with Gasteiger partial charge in [0.05, 0.1) is 6.10 Å². The summed E-state index contributed by atoms with van der Waals surface area (Å²) in [6.45, 7) is 2.88. The number of ether oxygens (including phenoxy) is 2. The van der Waals surface area contributed by atoms with Gasteiger partial charge in [0.1, 0.15) is 12.4 Å². The highest BCUT2D eigenvalue weighted by Gasteiger charge is 2.14. The van der Waals surface area contributed by atoms with Crippen molar-refractivity contribution in [3.05, 3.63) is 29.8 Å². The van der Waals surface area contributed by atoms with Crippen molar-refractivity contribution in [2.24, 2.45) is 0 Å². The van der Waals surface area contributed by atoms with Crippen LogP contribution in [0.3, 0.4) is 0 Å². The Morgan fingerprint density at radius 3 is 3.11 bits per heavy atom. The number of hydrogen-bond donors (Lipinski definition) is 1. The molecular formula is C15H19NO2. The third kappa shape index (κ3) is 3.76. The average Bonchev–Trinajstić information content (AvgIpc) is 2.91. The standard InChI is InChI=1S/C15H19NO2/c1-2-9-18-15-8-4-3-6-13(15)11-16-12-14-7-5-10-17-14/h1,3-4,6,8,14,16H,5,7,9-12H2/t14-/m1/s1. The molecule has 1 N–H and O–H groups in total. The molecule has 1 atom stereocenters. The van der Waals surface area contributed by atoms with E-state index in [1.54, 1.807) is 0 Å². The van der Waals surface area contributed by atoms with Crippen LogP contribution in [0.1, 0.15) is 18.4 Å². The van der Waals surface area contributed by atoms with Gasteiger partial charge in [-0.2, -0.15) is 0 Å². The molecule has 0 saturated carbocycles. The van der Waals surface area contributed by atoms with Crippen molar-refractivity contribution < 1.29 is 9.47 Å². The van der Waals surface area contributed by atoms with Gasteiger partial charge in [0, 0.05) is 25.3 Å². The summed E-state index contributed by atoms with van der Waals surface area (Å²) in [5, 5.41) is 3.40. The first-order valence-corrected chi connectivity index (χ1v) is 6.36. The Kier molecular flexibility index (Phi) is 5.07. The van der Waals surface area contributed by atoms with E-state index in [1.807, 2.05) is 24.3 Å². The Balaban J connectivity index is 1.82. The highest BCUT2D eigenvalue weighted by atomic mass is 16.5. The maximum Gasteiger partial charge on any atom is 0.148 e. The molecule has 0 radical (unpaired) electrons. The Bertz CT molecular complexity index is 405. The summed E-state index contributed by atoms with van der Waals surface area (Å²) >= 11 is 0. The van der Waals surface area contributed by atoms with Crippen LogP contribution >= 0.6 is 0 Å². The average molecular weight is 245 g/mol. The van der Waals surface area contributed by atoms with E-state index < -0.39 is 0 Å². The predicted octanol–water partition coefficient (Wildman–Crippen LogP) is 1.97. The van der Waals surface area contributed by atoms with Crippen molar-refractivity contribution >= 4 is 0 Å². The Hall–Kier alpha value is -1.50. The van der Waals surface area contributed by atoms with Crippen LogP contribution < -0.4 is 10.1 Å².